The topological polar surface area (TPSA) is 46.2 Å². The molecule has 2 nitrogen and oxygen atoms in total. The first-order chi connectivity index (χ1) is 10.7. The largest absolute Gasteiger partial charge is 0.396 e. The molecule has 0 spiro atoms. The van der Waals surface area contributed by atoms with Crippen LogP contribution in [0, 0.1) is 23.7 Å². The average molecular weight is 320 g/mol. The summed E-state index contributed by atoms with van der Waals surface area (Å²) in [6.07, 6.45) is 10.2. The Morgan fingerprint density at radius 3 is 2.82 bits per heavy atom. The Hall–Kier alpha value is -0.820. The van der Waals surface area contributed by atoms with E-state index in [0.29, 0.717) is 0 Å². The lowest BCUT2D eigenvalue weighted by Crippen LogP contribution is -2.14. The molecule has 2 rings (SSSR count). The number of thiophene rings is 1. The maximum Gasteiger partial charge on any atom is 0.0771 e. The van der Waals surface area contributed by atoms with Crippen LogP contribution in [0.5, 0.6) is 0 Å². The van der Waals surface area contributed by atoms with E-state index in [-0.39, 0.29) is 18.6 Å². The van der Waals surface area contributed by atoms with Gasteiger partial charge in [0, 0.05) is 23.9 Å². The molecule has 1 fully saturated rings. The van der Waals surface area contributed by atoms with E-state index < -0.39 is 0 Å². The average Bonchev–Trinajstić information content (AvgIpc) is 3.01. The zero-order valence-electron chi connectivity index (χ0n) is 13.7. The van der Waals surface area contributed by atoms with Crippen molar-refractivity contribution < 1.29 is 5.11 Å². The minimum Gasteiger partial charge on any atom is -0.396 e. The van der Waals surface area contributed by atoms with Crippen molar-refractivity contribution in [2.24, 2.45) is 17.6 Å². The van der Waals surface area contributed by atoms with Crippen LogP contribution in [0.1, 0.15) is 74.1 Å². The van der Waals surface area contributed by atoms with Gasteiger partial charge in [0.15, 0.2) is 0 Å². The molecule has 3 N–H and O–H groups in total. The molecule has 0 bridgehead atoms. The Bertz CT molecular complexity index is 493. The summed E-state index contributed by atoms with van der Waals surface area (Å²) in [6.45, 7) is 2.23. The summed E-state index contributed by atoms with van der Waals surface area (Å²) in [5, 5.41) is 9.11. The van der Waals surface area contributed by atoms with Gasteiger partial charge in [-0.1, -0.05) is 50.9 Å². The Morgan fingerprint density at radius 2 is 2.09 bits per heavy atom. The van der Waals surface area contributed by atoms with Crippen LogP contribution >= 0.6 is 11.3 Å². The third-order valence-electron chi connectivity index (χ3n) is 4.57. The number of aliphatic hydroxyl groups excluding tert-OH is 1. The van der Waals surface area contributed by atoms with Gasteiger partial charge in [-0.3, -0.25) is 0 Å². The van der Waals surface area contributed by atoms with Gasteiger partial charge in [0.05, 0.1) is 4.88 Å². The molecule has 0 aliphatic heterocycles. The standard InChI is InChI=1S/C19H29NOS/c1-15(14-21)13-18(20)19-12-11-17(22-19)10-6-5-9-16-7-3-2-4-8-16/h11-12,15-16,18,21H,2-5,7-9,13-14,20H2,1H3/t15-,18?/m1/s1. The van der Waals surface area contributed by atoms with Crippen molar-refractivity contribution in [3.8, 4) is 11.8 Å². The van der Waals surface area contributed by atoms with Crippen LogP contribution in [-0.4, -0.2) is 11.7 Å². The van der Waals surface area contributed by atoms with Crippen LogP contribution < -0.4 is 5.73 Å². The van der Waals surface area contributed by atoms with Crippen molar-refractivity contribution in [2.75, 3.05) is 6.61 Å². The van der Waals surface area contributed by atoms with Crippen molar-refractivity contribution in [3.05, 3.63) is 21.9 Å². The Morgan fingerprint density at radius 1 is 1.32 bits per heavy atom. The fourth-order valence-corrected chi connectivity index (χ4v) is 4.04. The number of nitrogens with two attached hydrogens (primary N) is 1. The third kappa shape index (κ3) is 5.76. The normalized spacial score (nSPS) is 18.5. The minimum atomic E-state index is 0.0185. The maximum atomic E-state index is 9.11. The number of rotatable bonds is 6. The lowest BCUT2D eigenvalue weighted by atomic mass is 9.86. The van der Waals surface area contributed by atoms with E-state index in [1.807, 2.05) is 6.92 Å². The van der Waals surface area contributed by atoms with Crippen molar-refractivity contribution in [2.45, 2.75) is 64.3 Å². The summed E-state index contributed by atoms with van der Waals surface area (Å²) in [4.78, 5) is 2.29. The number of hydrogen-bond acceptors (Lipinski definition) is 3. The highest BCUT2D eigenvalue weighted by molar-refractivity contribution is 7.12. The Labute approximate surface area is 139 Å². The van der Waals surface area contributed by atoms with Gasteiger partial charge in [-0.05, 0) is 36.8 Å². The van der Waals surface area contributed by atoms with Crippen molar-refractivity contribution in [1.29, 1.82) is 0 Å². The first-order valence-electron chi connectivity index (χ1n) is 8.64. The van der Waals surface area contributed by atoms with Crippen LogP contribution in [0.15, 0.2) is 12.1 Å². The van der Waals surface area contributed by atoms with Crippen LogP contribution in [0.25, 0.3) is 0 Å². The van der Waals surface area contributed by atoms with Crippen molar-refractivity contribution in [3.63, 3.8) is 0 Å². The summed E-state index contributed by atoms with van der Waals surface area (Å²) < 4.78 is 0. The highest BCUT2D eigenvalue weighted by Gasteiger charge is 2.13. The molecule has 1 unspecified atom stereocenters. The summed E-state index contributed by atoms with van der Waals surface area (Å²) in [7, 11) is 0. The van der Waals surface area contributed by atoms with E-state index in [1.165, 1.54) is 43.4 Å². The molecule has 1 saturated carbocycles. The molecule has 0 saturated heterocycles. The van der Waals surface area contributed by atoms with E-state index in [0.717, 1.165) is 23.6 Å². The predicted molar refractivity (Wildman–Crippen MR) is 94.8 cm³/mol. The van der Waals surface area contributed by atoms with Crippen LogP contribution in [0.2, 0.25) is 0 Å². The molecule has 1 aromatic rings. The lowest BCUT2D eigenvalue weighted by molar-refractivity contribution is 0.224. The van der Waals surface area contributed by atoms with E-state index >= 15 is 0 Å². The quantitative estimate of drug-likeness (QED) is 0.759. The monoisotopic (exact) mass is 319 g/mol. The molecule has 122 valence electrons. The summed E-state index contributed by atoms with van der Waals surface area (Å²) in [5.74, 6) is 7.79. The van der Waals surface area contributed by atoms with Gasteiger partial charge < -0.3 is 10.8 Å². The first kappa shape index (κ1) is 17.5. The smallest absolute Gasteiger partial charge is 0.0771 e. The molecular formula is C19H29NOS. The first-order valence-corrected chi connectivity index (χ1v) is 9.45. The van der Waals surface area contributed by atoms with Gasteiger partial charge in [0.1, 0.15) is 0 Å². The molecule has 2 atom stereocenters. The zero-order valence-corrected chi connectivity index (χ0v) is 14.5. The fourth-order valence-electron chi connectivity index (χ4n) is 3.15. The fraction of sp³-hybridized carbons (Fsp3) is 0.684. The number of aliphatic hydroxyl groups is 1. The predicted octanol–water partition coefficient (Wildman–Crippen LogP) is 4.48. The van der Waals surface area contributed by atoms with Crippen LogP contribution in [0.3, 0.4) is 0 Å². The molecule has 22 heavy (non-hydrogen) atoms. The van der Waals surface area contributed by atoms with Gasteiger partial charge in [-0.2, -0.15) is 0 Å². The molecule has 1 aliphatic rings. The summed E-state index contributed by atoms with van der Waals surface area (Å²) in [5.41, 5.74) is 6.19. The van der Waals surface area contributed by atoms with Crippen LogP contribution in [-0.2, 0) is 0 Å². The third-order valence-corrected chi connectivity index (χ3v) is 5.71. The molecular weight excluding hydrogens is 290 g/mol. The molecule has 0 aromatic carbocycles. The molecule has 3 heteroatoms. The molecule has 0 amide bonds. The van der Waals surface area contributed by atoms with Crippen molar-refractivity contribution in [1.82, 2.24) is 0 Å². The maximum absolute atomic E-state index is 9.11. The van der Waals surface area contributed by atoms with Gasteiger partial charge in [0.25, 0.3) is 0 Å². The molecule has 1 aliphatic carbocycles. The van der Waals surface area contributed by atoms with E-state index in [2.05, 4.69) is 24.0 Å². The summed E-state index contributed by atoms with van der Waals surface area (Å²) in [6, 6.07) is 4.19. The van der Waals surface area contributed by atoms with Gasteiger partial charge in [0.2, 0.25) is 0 Å². The van der Waals surface area contributed by atoms with Gasteiger partial charge in [-0.25, -0.2) is 0 Å². The van der Waals surface area contributed by atoms with Gasteiger partial charge >= 0.3 is 0 Å². The minimum absolute atomic E-state index is 0.0185. The molecule has 1 heterocycles. The highest BCUT2D eigenvalue weighted by atomic mass is 32.1. The van der Waals surface area contributed by atoms with Crippen LogP contribution in [0.4, 0.5) is 0 Å². The zero-order chi connectivity index (χ0) is 15.8. The summed E-state index contributed by atoms with van der Waals surface area (Å²) >= 11 is 1.70. The number of hydrogen-bond donors (Lipinski definition) is 2. The Balaban J connectivity index is 1.78. The molecule has 1 aromatic heterocycles. The second-order valence-electron chi connectivity index (χ2n) is 6.68. The van der Waals surface area contributed by atoms with Crippen molar-refractivity contribution >= 4 is 11.3 Å². The SMILES string of the molecule is C[C@@H](CO)CC(N)c1ccc(C#CCCC2CCCCC2)s1. The van der Waals surface area contributed by atoms with E-state index in [4.69, 9.17) is 10.8 Å². The second-order valence-corrected chi connectivity index (χ2v) is 7.79. The Kier molecular flexibility index (Phi) is 7.45. The lowest BCUT2D eigenvalue weighted by Gasteiger charge is -2.20. The highest BCUT2D eigenvalue weighted by Crippen LogP contribution is 2.27. The van der Waals surface area contributed by atoms with E-state index in [1.54, 1.807) is 11.3 Å². The molecule has 0 radical (unpaired) electrons. The van der Waals surface area contributed by atoms with Gasteiger partial charge in [-0.15, -0.1) is 11.3 Å². The second kappa shape index (κ2) is 9.35. The van der Waals surface area contributed by atoms with E-state index in [9.17, 15) is 0 Å².